The van der Waals surface area contributed by atoms with E-state index in [4.69, 9.17) is 5.73 Å². The van der Waals surface area contributed by atoms with E-state index in [1.807, 2.05) is 34.6 Å². The van der Waals surface area contributed by atoms with Gasteiger partial charge in [0.2, 0.25) is 17.7 Å². The number of tetrazole rings is 1. The monoisotopic (exact) mass is 683 g/mol. The highest BCUT2D eigenvalue weighted by Gasteiger charge is 2.46. The fraction of sp³-hybridized carbons (Fsp3) is 0.697. The molecule has 7 N–H and O–H groups in total. The van der Waals surface area contributed by atoms with Crippen molar-refractivity contribution < 1.29 is 24.0 Å². The zero-order valence-electron chi connectivity index (χ0n) is 29.3. The summed E-state index contributed by atoms with van der Waals surface area (Å²) in [7, 11) is 0. The van der Waals surface area contributed by atoms with E-state index in [9.17, 15) is 24.0 Å². The maximum atomic E-state index is 14.3. The zero-order valence-corrected chi connectivity index (χ0v) is 29.3. The third-order valence-electron chi connectivity index (χ3n) is 9.13. The van der Waals surface area contributed by atoms with Crippen LogP contribution in [-0.4, -0.2) is 83.7 Å². The van der Waals surface area contributed by atoms with E-state index in [1.54, 1.807) is 0 Å². The number of aromatic amines is 1. The van der Waals surface area contributed by atoms with Crippen LogP contribution in [0.25, 0.3) is 0 Å². The second-order valence-corrected chi connectivity index (χ2v) is 13.5. The molecule has 0 bridgehead atoms. The molecule has 1 aliphatic carbocycles. The van der Waals surface area contributed by atoms with Crippen LogP contribution >= 0.6 is 0 Å². The van der Waals surface area contributed by atoms with Gasteiger partial charge in [-0.3, -0.25) is 29.0 Å². The zero-order chi connectivity index (χ0) is 36.0. The molecule has 4 amide bonds. The average Bonchev–Trinajstić information content (AvgIpc) is 3.62. The summed E-state index contributed by atoms with van der Waals surface area (Å²) < 4.78 is 0. The Labute approximate surface area is 287 Å². The Balaban J connectivity index is 1.85. The molecule has 1 unspecified atom stereocenters. The number of nitrogens with zero attached hydrogens (tertiary/aromatic N) is 5. The lowest BCUT2D eigenvalue weighted by Gasteiger charge is -2.34. The van der Waals surface area contributed by atoms with Crippen molar-refractivity contribution in [1.82, 2.24) is 51.9 Å². The molecule has 16 nitrogen and oxygen atoms in total. The van der Waals surface area contributed by atoms with Crippen molar-refractivity contribution in [3.63, 3.8) is 0 Å². The second-order valence-electron chi connectivity index (χ2n) is 13.5. The van der Waals surface area contributed by atoms with Crippen LogP contribution in [-0.2, 0) is 25.7 Å². The van der Waals surface area contributed by atoms with Crippen molar-refractivity contribution in [3.05, 3.63) is 30.1 Å². The summed E-state index contributed by atoms with van der Waals surface area (Å²) in [5, 5.41) is 24.6. The maximum Gasteiger partial charge on any atom is 0.272 e. The van der Waals surface area contributed by atoms with Gasteiger partial charge in [0, 0.05) is 12.4 Å². The molecule has 1 saturated carbocycles. The summed E-state index contributed by atoms with van der Waals surface area (Å²) in [6.07, 6.45) is 10.7. The van der Waals surface area contributed by atoms with Gasteiger partial charge < -0.3 is 27.0 Å². The first-order valence-electron chi connectivity index (χ1n) is 17.4. The number of hydrogen-bond donors (Lipinski definition) is 6. The first-order chi connectivity index (χ1) is 23.4. The Morgan fingerprint density at radius 3 is 2.31 bits per heavy atom. The molecule has 3 rings (SSSR count). The largest absolute Gasteiger partial charge is 0.347 e. The normalized spacial score (nSPS) is 17.2. The number of rotatable bonds is 19. The summed E-state index contributed by atoms with van der Waals surface area (Å²) >= 11 is 0. The molecule has 16 heteroatoms. The Kier molecular flexibility index (Phi) is 15.2. The van der Waals surface area contributed by atoms with Crippen molar-refractivity contribution >= 4 is 29.4 Å². The molecule has 1 aliphatic rings. The van der Waals surface area contributed by atoms with Gasteiger partial charge in [0.15, 0.2) is 17.1 Å². The second kappa shape index (κ2) is 19.0. The smallest absolute Gasteiger partial charge is 0.272 e. The Morgan fingerprint density at radius 1 is 0.980 bits per heavy atom. The molecule has 2 heterocycles. The fourth-order valence-electron chi connectivity index (χ4n) is 6.18. The van der Waals surface area contributed by atoms with Gasteiger partial charge in [-0.05, 0) is 37.0 Å². The van der Waals surface area contributed by atoms with Crippen LogP contribution in [0.2, 0.25) is 0 Å². The Bertz CT molecular complexity index is 1370. The van der Waals surface area contributed by atoms with E-state index < -0.39 is 53.1 Å². The van der Waals surface area contributed by atoms with Crippen LogP contribution < -0.4 is 27.0 Å². The van der Waals surface area contributed by atoms with Gasteiger partial charge in [-0.1, -0.05) is 84.8 Å². The predicted octanol–water partition coefficient (Wildman–Crippen LogP) is 1.50. The number of ketones is 1. The number of hydrogen-bond acceptors (Lipinski definition) is 11. The highest BCUT2D eigenvalue weighted by atomic mass is 16.2. The number of Topliss-reactive ketones (excluding diaryl/α,β-unsaturated/α-hetero) is 1. The topological polar surface area (TPSA) is 240 Å². The lowest BCUT2D eigenvalue weighted by Crippen LogP contribution is -2.66. The minimum atomic E-state index is -1.94. The van der Waals surface area contributed by atoms with E-state index in [0.717, 1.165) is 32.1 Å². The number of amides is 4. The first kappa shape index (κ1) is 39.1. The number of aromatic nitrogens is 6. The van der Waals surface area contributed by atoms with E-state index in [1.165, 1.54) is 18.6 Å². The lowest BCUT2D eigenvalue weighted by atomic mass is 9.78. The lowest BCUT2D eigenvalue weighted by molar-refractivity contribution is -0.140. The third-order valence-corrected chi connectivity index (χ3v) is 9.13. The molecule has 5 atom stereocenters. The molecule has 1 fully saturated rings. The van der Waals surface area contributed by atoms with Gasteiger partial charge >= 0.3 is 0 Å². The summed E-state index contributed by atoms with van der Waals surface area (Å²) in [6, 6.07) is -3.07. The number of carbonyl (C=O) groups is 5. The number of H-pyrrole nitrogens is 1. The fourth-order valence-corrected chi connectivity index (χ4v) is 6.18. The van der Waals surface area contributed by atoms with Crippen LogP contribution in [0.1, 0.15) is 115 Å². The molecule has 0 aromatic carbocycles. The van der Waals surface area contributed by atoms with Gasteiger partial charge in [-0.25, -0.2) is 4.98 Å². The summed E-state index contributed by atoms with van der Waals surface area (Å²) in [5.41, 5.74) is 4.76. The van der Waals surface area contributed by atoms with Crippen molar-refractivity contribution in [1.29, 1.82) is 0 Å². The van der Waals surface area contributed by atoms with Gasteiger partial charge in [-0.2, -0.15) is 5.21 Å². The SMILES string of the molecule is CCCC(N)(C(=O)NCc1nn[nH]n1)C(=O)[C@H](CC1CCCCC1)NC(=O)[C@@H](NC(=O)[C@H](CC(C)C)NC(=O)c1cnccn1)[C@@H](C)CC. The van der Waals surface area contributed by atoms with Crippen LogP contribution in [0.15, 0.2) is 18.6 Å². The van der Waals surface area contributed by atoms with Gasteiger partial charge in [0.25, 0.3) is 5.91 Å². The molecule has 49 heavy (non-hydrogen) atoms. The number of nitrogens with one attached hydrogen (secondary N) is 5. The molecule has 2 aromatic rings. The molecule has 0 radical (unpaired) electrons. The van der Waals surface area contributed by atoms with E-state index in [2.05, 4.69) is 51.9 Å². The highest BCUT2D eigenvalue weighted by molar-refractivity contribution is 6.13. The highest BCUT2D eigenvalue weighted by Crippen LogP contribution is 2.29. The predicted molar refractivity (Wildman–Crippen MR) is 180 cm³/mol. The Morgan fingerprint density at radius 2 is 1.71 bits per heavy atom. The van der Waals surface area contributed by atoms with Crippen molar-refractivity contribution in [2.24, 2.45) is 23.5 Å². The summed E-state index contributed by atoms with van der Waals surface area (Å²) in [5.74, 6) is -2.88. The van der Waals surface area contributed by atoms with Crippen LogP contribution in [0.5, 0.6) is 0 Å². The van der Waals surface area contributed by atoms with Gasteiger partial charge in [0.1, 0.15) is 17.8 Å². The summed E-state index contributed by atoms with van der Waals surface area (Å²) in [6.45, 7) is 9.29. The maximum absolute atomic E-state index is 14.3. The molecule has 0 aliphatic heterocycles. The van der Waals surface area contributed by atoms with Crippen molar-refractivity contribution in [2.45, 2.75) is 129 Å². The minimum absolute atomic E-state index is 0.0359. The molecular weight excluding hydrogens is 630 g/mol. The van der Waals surface area contributed by atoms with Gasteiger partial charge in [-0.15, -0.1) is 10.2 Å². The standard InChI is InChI=1S/C33H53N11O5/c1-6-13-33(34,32(49)37-19-26-41-43-44-42-26)28(45)23(17-22-11-9-8-10-12-22)38-31(48)27(21(5)7-2)40-29(46)24(16-20(3)4)39-30(47)25-18-35-14-15-36-25/h14-15,18,20-24,27H,6-13,16-17,19,34H2,1-5H3,(H,37,49)(H,38,48)(H,39,47)(H,40,46)(H,41,42,43,44)/t21-,23-,24-,27-,33?/m0/s1. The van der Waals surface area contributed by atoms with Gasteiger partial charge in [0.05, 0.1) is 18.8 Å². The Hall–Kier alpha value is -4.34. The molecule has 0 spiro atoms. The average molecular weight is 684 g/mol. The minimum Gasteiger partial charge on any atom is -0.347 e. The van der Waals surface area contributed by atoms with Crippen LogP contribution in [0.4, 0.5) is 0 Å². The van der Waals surface area contributed by atoms with E-state index >= 15 is 0 Å². The van der Waals surface area contributed by atoms with E-state index in [0.29, 0.717) is 25.7 Å². The van der Waals surface area contributed by atoms with Crippen LogP contribution in [0.3, 0.4) is 0 Å². The molecule has 0 saturated heterocycles. The first-order valence-corrected chi connectivity index (χ1v) is 17.4. The van der Waals surface area contributed by atoms with E-state index in [-0.39, 0.29) is 42.2 Å². The summed E-state index contributed by atoms with van der Waals surface area (Å²) in [4.78, 5) is 76.5. The van der Waals surface area contributed by atoms with Crippen LogP contribution in [0, 0.1) is 17.8 Å². The molecular formula is C33H53N11O5. The van der Waals surface area contributed by atoms with Crippen molar-refractivity contribution in [2.75, 3.05) is 0 Å². The molecule has 2 aromatic heterocycles. The van der Waals surface area contributed by atoms with Crippen molar-refractivity contribution in [3.8, 4) is 0 Å². The molecule has 270 valence electrons. The number of nitrogens with two attached hydrogens (primary N) is 1. The third kappa shape index (κ3) is 11.4. The number of carbonyl (C=O) groups excluding carboxylic acids is 5. The quantitative estimate of drug-likeness (QED) is 0.116.